The number of benzene rings is 1. The number of carboxylic acids is 1. The number of nitrogens with two attached hydrogens (primary N) is 1. The third-order valence-corrected chi connectivity index (χ3v) is 3.46. The van der Waals surface area contributed by atoms with Gasteiger partial charge in [0.2, 0.25) is 5.91 Å². The lowest BCUT2D eigenvalue weighted by molar-refractivity contribution is -0.142. The molecule has 1 aromatic rings. The lowest BCUT2D eigenvalue weighted by atomic mass is 10.0. The van der Waals surface area contributed by atoms with Gasteiger partial charge in [-0.2, -0.15) is 0 Å². The molecule has 22 heavy (non-hydrogen) atoms. The number of carbonyl (C=O) groups excluding carboxylic acids is 1. The van der Waals surface area contributed by atoms with Crippen LogP contribution in [0.15, 0.2) is 30.3 Å². The van der Waals surface area contributed by atoms with Gasteiger partial charge in [-0.25, -0.2) is 4.79 Å². The fourth-order valence-corrected chi connectivity index (χ4v) is 2.12. The van der Waals surface area contributed by atoms with E-state index in [1.54, 1.807) is 7.05 Å². The summed E-state index contributed by atoms with van der Waals surface area (Å²) in [6.45, 7) is 0.708. The van der Waals surface area contributed by atoms with E-state index < -0.39 is 24.0 Å². The third-order valence-electron chi connectivity index (χ3n) is 3.46. The Hall–Kier alpha value is -1.92. The Morgan fingerprint density at radius 3 is 2.50 bits per heavy atom. The Labute approximate surface area is 131 Å². The maximum absolute atomic E-state index is 12.0. The number of amides is 1. The number of rotatable bonds is 10. The van der Waals surface area contributed by atoms with Crippen molar-refractivity contribution in [2.45, 2.75) is 37.8 Å². The Morgan fingerprint density at radius 1 is 1.23 bits per heavy atom. The molecule has 0 unspecified atom stereocenters. The van der Waals surface area contributed by atoms with Gasteiger partial charge in [0.25, 0.3) is 0 Å². The molecule has 6 nitrogen and oxygen atoms in total. The fraction of sp³-hybridized carbons (Fsp3) is 0.500. The quantitative estimate of drug-likeness (QED) is 0.472. The summed E-state index contributed by atoms with van der Waals surface area (Å²) >= 11 is 0. The zero-order chi connectivity index (χ0) is 16.4. The number of carbonyl (C=O) groups is 2. The van der Waals surface area contributed by atoms with E-state index >= 15 is 0 Å². The van der Waals surface area contributed by atoms with Gasteiger partial charge in [-0.1, -0.05) is 30.3 Å². The van der Waals surface area contributed by atoms with Gasteiger partial charge in [0.1, 0.15) is 6.04 Å². The van der Waals surface area contributed by atoms with Crippen LogP contribution >= 0.6 is 0 Å². The SMILES string of the molecule is CNCCC[C@H](NC(=O)[C@@H](N)CCc1ccccc1)C(=O)O. The molecule has 0 spiro atoms. The Balaban J connectivity index is 2.41. The van der Waals surface area contributed by atoms with Gasteiger partial charge in [0.05, 0.1) is 6.04 Å². The van der Waals surface area contributed by atoms with Crippen molar-refractivity contribution in [3.63, 3.8) is 0 Å². The van der Waals surface area contributed by atoms with Gasteiger partial charge in [-0.05, 0) is 44.8 Å². The van der Waals surface area contributed by atoms with E-state index in [1.165, 1.54) is 0 Å². The summed E-state index contributed by atoms with van der Waals surface area (Å²) in [6, 6.07) is 8.16. The minimum absolute atomic E-state index is 0.382. The van der Waals surface area contributed by atoms with E-state index in [2.05, 4.69) is 10.6 Å². The molecule has 0 aliphatic heterocycles. The molecule has 6 heteroatoms. The summed E-state index contributed by atoms with van der Waals surface area (Å²) in [5, 5.41) is 14.6. The van der Waals surface area contributed by atoms with Crippen LogP contribution in [0.4, 0.5) is 0 Å². The minimum Gasteiger partial charge on any atom is -0.480 e. The Morgan fingerprint density at radius 2 is 1.91 bits per heavy atom. The molecule has 0 aliphatic carbocycles. The first kappa shape index (κ1) is 18.1. The monoisotopic (exact) mass is 307 g/mol. The molecule has 0 bridgehead atoms. The molecule has 122 valence electrons. The van der Waals surface area contributed by atoms with Crippen LogP contribution in [0.25, 0.3) is 0 Å². The van der Waals surface area contributed by atoms with Crippen LogP contribution in [0.3, 0.4) is 0 Å². The molecule has 0 aromatic heterocycles. The van der Waals surface area contributed by atoms with Crippen LogP contribution in [0.2, 0.25) is 0 Å². The molecule has 0 saturated carbocycles. The molecule has 1 amide bonds. The standard InChI is InChI=1S/C16H25N3O3/c1-18-11-5-8-14(16(21)22)19-15(20)13(17)10-9-12-6-3-2-4-7-12/h2-4,6-7,13-14,18H,5,8-11,17H2,1H3,(H,19,20)(H,21,22)/t13-,14-/m0/s1. The second-order valence-electron chi connectivity index (χ2n) is 5.28. The van der Waals surface area contributed by atoms with E-state index in [9.17, 15) is 9.59 Å². The molecule has 0 radical (unpaired) electrons. The van der Waals surface area contributed by atoms with Crippen molar-refractivity contribution < 1.29 is 14.7 Å². The van der Waals surface area contributed by atoms with Crippen LogP contribution in [0.1, 0.15) is 24.8 Å². The normalized spacial score (nSPS) is 13.4. The maximum atomic E-state index is 12.0. The van der Waals surface area contributed by atoms with Crippen molar-refractivity contribution in [1.82, 2.24) is 10.6 Å². The summed E-state index contributed by atoms with van der Waals surface area (Å²) < 4.78 is 0. The molecular formula is C16H25N3O3. The molecule has 1 rings (SSSR count). The zero-order valence-corrected chi connectivity index (χ0v) is 12.9. The molecule has 0 saturated heterocycles. The maximum Gasteiger partial charge on any atom is 0.326 e. The number of hydrogen-bond donors (Lipinski definition) is 4. The summed E-state index contributed by atoms with van der Waals surface area (Å²) in [5.41, 5.74) is 6.96. The van der Waals surface area contributed by atoms with Gasteiger partial charge < -0.3 is 21.5 Å². The molecular weight excluding hydrogens is 282 g/mol. The number of aliphatic carboxylic acids is 1. The molecule has 0 aliphatic rings. The third kappa shape index (κ3) is 6.69. The van der Waals surface area contributed by atoms with Crippen LogP contribution in [0, 0.1) is 0 Å². The highest BCUT2D eigenvalue weighted by Crippen LogP contribution is 2.05. The van der Waals surface area contributed by atoms with Crippen molar-refractivity contribution in [3.8, 4) is 0 Å². The molecule has 5 N–H and O–H groups in total. The van der Waals surface area contributed by atoms with Gasteiger partial charge in [-0.3, -0.25) is 4.79 Å². The fourth-order valence-electron chi connectivity index (χ4n) is 2.12. The predicted molar refractivity (Wildman–Crippen MR) is 85.5 cm³/mol. The predicted octanol–water partition coefficient (Wildman–Crippen LogP) is 0.516. The van der Waals surface area contributed by atoms with E-state index in [4.69, 9.17) is 10.8 Å². The smallest absolute Gasteiger partial charge is 0.326 e. The Bertz CT molecular complexity index is 465. The average Bonchev–Trinajstić information content (AvgIpc) is 2.52. The van der Waals surface area contributed by atoms with Crippen LogP contribution in [0.5, 0.6) is 0 Å². The second kappa shape index (κ2) is 9.92. The minimum atomic E-state index is -1.03. The number of nitrogens with one attached hydrogen (secondary N) is 2. The Kier molecular flexibility index (Phi) is 8.17. The van der Waals surface area contributed by atoms with Crippen LogP contribution < -0.4 is 16.4 Å². The number of aryl methyl sites for hydroxylation is 1. The average molecular weight is 307 g/mol. The number of hydrogen-bond acceptors (Lipinski definition) is 4. The van der Waals surface area contributed by atoms with Crippen molar-refractivity contribution in [2.24, 2.45) is 5.73 Å². The highest BCUT2D eigenvalue weighted by molar-refractivity contribution is 5.86. The summed E-state index contributed by atoms with van der Waals surface area (Å²) in [4.78, 5) is 23.2. The summed E-state index contributed by atoms with van der Waals surface area (Å²) in [6.07, 6.45) is 2.23. The van der Waals surface area contributed by atoms with E-state index in [0.29, 0.717) is 32.2 Å². The molecule has 0 heterocycles. The highest BCUT2D eigenvalue weighted by Gasteiger charge is 2.22. The highest BCUT2D eigenvalue weighted by atomic mass is 16.4. The second-order valence-corrected chi connectivity index (χ2v) is 5.28. The lowest BCUT2D eigenvalue weighted by Gasteiger charge is -2.18. The topological polar surface area (TPSA) is 104 Å². The van der Waals surface area contributed by atoms with Gasteiger partial charge in [0.15, 0.2) is 0 Å². The van der Waals surface area contributed by atoms with Crippen LogP contribution in [-0.4, -0.2) is 42.7 Å². The first-order valence-electron chi connectivity index (χ1n) is 7.52. The molecule has 2 atom stereocenters. The number of carboxylic acid groups (broad SMARTS) is 1. The largest absolute Gasteiger partial charge is 0.480 e. The lowest BCUT2D eigenvalue weighted by Crippen LogP contribution is -2.48. The molecule has 0 fully saturated rings. The van der Waals surface area contributed by atoms with Crippen LogP contribution in [-0.2, 0) is 16.0 Å². The summed E-state index contributed by atoms with van der Waals surface area (Å²) in [5.74, 6) is -1.44. The van der Waals surface area contributed by atoms with Crippen molar-refractivity contribution >= 4 is 11.9 Å². The van der Waals surface area contributed by atoms with E-state index in [0.717, 1.165) is 5.56 Å². The zero-order valence-electron chi connectivity index (χ0n) is 12.9. The summed E-state index contributed by atoms with van der Waals surface area (Å²) in [7, 11) is 1.80. The van der Waals surface area contributed by atoms with Crippen molar-refractivity contribution in [3.05, 3.63) is 35.9 Å². The van der Waals surface area contributed by atoms with Crippen molar-refractivity contribution in [2.75, 3.05) is 13.6 Å². The van der Waals surface area contributed by atoms with Gasteiger partial charge in [-0.15, -0.1) is 0 Å². The van der Waals surface area contributed by atoms with Crippen molar-refractivity contribution in [1.29, 1.82) is 0 Å². The van der Waals surface area contributed by atoms with Gasteiger partial charge >= 0.3 is 5.97 Å². The first-order chi connectivity index (χ1) is 10.5. The van der Waals surface area contributed by atoms with E-state index in [-0.39, 0.29) is 0 Å². The first-order valence-corrected chi connectivity index (χ1v) is 7.52. The molecule has 1 aromatic carbocycles. The van der Waals surface area contributed by atoms with Gasteiger partial charge in [0, 0.05) is 0 Å². The van der Waals surface area contributed by atoms with E-state index in [1.807, 2.05) is 30.3 Å².